The van der Waals surface area contributed by atoms with Crippen molar-refractivity contribution in [3.8, 4) is 0 Å². The van der Waals surface area contributed by atoms with Crippen molar-refractivity contribution < 1.29 is 4.79 Å². The second-order valence-corrected chi connectivity index (χ2v) is 6.10. The number of nitrogens with one attached hydrogen (secondary N) is 2. The number of nitrogens with zero attached hydrogens (tertiary/aromatic N) is 2. The average Bonchev–Trinajstić information content (AvgIpc) is 2.38. The lowest BCUT2D eigenvalue weighted by Gasteiger charge is -2.25. The smallest absolute Gasteiger partial charge is 0.242 e. The Morgan fingerprint density at radius 3 is 2.33 bits per heavy atom. The minimum atomic E-state index is -0.866. The first-order chi connectivity index (χ1) is 9.69. The topological polar surface area (TPSA) is 92.9 Å². The van der Waals surface area contributed by atoms with Gasteiger partial charge in [-0.15, -0.1) is 0 Å². The molecule has 1 aromatic rings. The van der Waals surface area contributed by atoms with E-state index in [-0.39, 0.29) is 5.92 Å². The minimum absolute atomic E-state index is 0.199. The quantitative estimate of drug-likeness (QED) is 0.718. The van der Waals surface area contributed by atoms with Crippen LogP contribution in [0.15, 0.2) is 0 Å². The van der Waals surface area contributed by atoms with Crippen molar-refractivity contribution in [3.63, 3.8) is 0 Å². The first-order valence-electron chi connectivity index (χ1n) is 7.39. The normalized spacial score (nSPS) is 11.6. The maximum absolute atomic E-state index is 11.5. The number of nitrogens with two attached hydrogens (primary N) is 1. The Kier molecular flexibility index (Phi) is 5.52. The Morgan fingerprint density at radius 1 is 1.29 bits per heavy atom. The van der Waals surface area contributed by atoms with E-state index in [0.717, 1.165) is 30.2 Å². The third-order valence-corrected chi connectivity index (χ3v) is 3.27. The number of aromatic nitrogens is 2. The fourth-order valence-corrected chi connectivity index (χ4v) is 1.69. The van der Waals surface area contributed by atoms with Crippen molar-refractivity contribution in [1.29, 1.82) is 0 Å². The fraction of sp³-hybridized carbons (Fsp3) is 0.667. The summed E-state index contributed by atoms with van der Waals surface area (Å²) in [6, 6.07) is 0. The second kappa shape index (κ2) is 6.74. The van der Waals surface area contributed by atoms with Gasteiger partial charge in [-0.05, 0) is 27.2 Å². The summed E-state index contributed by atoms with van der Waals surface area (Å²) in [5.74, 6) is 1.97. The van der Waals surface area contributed by atoms with Crippen molar-refractivity contribution >= 4 is 17.5 Å². The third-order valence-electron chi connectivity index (χ3n) is 3.27. The fourth-order valence-electron chi connectivity index (χ4n) is 1.69. The van der Waals surface area contributed by atoms with Crippen molar-refractivity contribution in [3.05, 3.63) is 11.4 Å². The predicted octanol–water partition coefficient (Wildman–Crippen LogP) is 2.41. The molecule has 1 aromatic heterocycles. The maximum atomic E-state index is 11.5. The van der Waals surface area contributed by atoms with E-state index >= 15 is 0 Å². The van der Waals surface area contributed by atoms with Gasteiger partial charge in [0.05, 0.1) is 0 Å². The Labute approximate surface area is 126 Å². The highest BCUT2D eigenvalue weighted by molar-refractivity contribution is 5.87. The van der Waals surface area contributed by atoms with E-state index in [1.54, 1.807) is 13.8 Å². The summed E-state index contributed by atoms with van der Waals surface area (Å²) in [5, 5.41) is 6.44. The van der Waals surface area contributed by atoms with Crippen molar-refractivity contribution in [1.82, 2.24) is 9.97 Å². The highest BCUT2D eigenvalue weighted by Crippen LogP contribution is 2.25. The monoisotopic (exact) mass is 293 g/mol. The molecular formula is C15H27N5O. The van der Waals surface area contributed by atoms with Crippen molar-refractivity contribution in [2.75, 3.05) is 17.2 Å². The van der Waals surface area contributed by atoms with E-state index in [4.69, 9.17) is 5.73 Å². The van der Waals surface area contributed by atoms with Crippen LogP contribution in [-0.2, 0) is 4.79 Å². The van der Waals surface area contributed by atoms with Crippen molar-refractivity contribution in [2.24, 2.45) is 5.73 Å². The summed E-state index contributed by atoms with van der Waals surface area (Å²) in [6.45, 7) is 12.4. The van der Waals surface area contributed by atoms with Crippen LogP contribution in [-0.4, -0.2) is 28.0 Å². The molecule has 0 spiro atoms. The summed E-state index contributed by atoms with van der Waals surface area (Å²) in [6.07, 6.45) is 1.01. The Morgan fingerprint density at radius 2 is 1.86 bits per heavy atom. The molecule has 1 amide bonds. The molecule has 0 aliphatic carbocycles. The lowest BCUT2D eigenvalue weighted by Crippen LogP contribution is -2.45. The minimum Gasteiger partial charge on any atom is -0.370 e. The standard InChI is InChI=1S/C15H27N5O/c1-7-8-17-12-10(4)13(19-11(18-12)9(2)3)20-15(5,6)14(16)21/h9H,7-8H2,1-6H3,(H2,16,21)(H2,17,18,19,20). The molecule has 0 radical (unpaired) electrons. The molecule has 0 unspecified atom stereocenters. The van der Waals surface area contributed by atoms with Crippen molar-refractivity contribution in [2.45, 2.75) is 59.4 Å². The molecule has 0 fully saturated rings. The van der Waals surface area contributed by atoms with Gasteiger partial charge in [0.25, 0.3) is 0 Å². The number of hydrogen-bond acceptors (Lipinski definition) is 5. The van der Waals surface area contributed by atoms with Crippen LogP contribution < -0.4 is 16.4 Å². The molecular weight excluding hydrogens is 266 g/mol. The molecule has 0 saturated carbocycles. The molecule has 118 valence electrons. The van der Waals surface area contributed by atoms with Gasteiger partial charge in [0, 0.05) is 18.0 Å². The zero-order chi connectivity index (χ0) is 16.2. The number of rotatable bonds is 7. The van der Waals surface area contributed by atoms with Crippen LogP contribution in [0.3, 0.4) is 0 Å². The number of carbonyl (C=O) groups is 1. The molecule has 0 bridgehead atoms. The van der Waals surface area contributed by atoms with Crippen LogP contribution in [0.2, 0.25) is 0 Å². The van der Waals surface area contributed by atoms with E-state index in [0.29, 0.717) is 5.82 Å². The molecule has 0 aromatic carbocycles. The Bertz CT molecular complexity index is 511. The van der Waals surface area contributed by atoms with E-state index in [1.807, 2.05) is 20.8 Å². The second-order valence-electron chi connectivity index (χ2n) is 6.10. The van der Waals surface area contributed by atoms with E-state index in [9.17, 15) is 4.79 Å². The van der Waals surface area contributed by atoms with Gasteiger partial charge in [0.2, 0.25) is 5.91 Å². The molecule has 1 heterocycles. The number of amides is 1. The zero-order valence-electron chi connectivity index (χ0n) is 13.9. The van der Waals surface area contributed by atoms with Crippen LogP contribution in [0.5, 0.6) is 0 Å². The van der Waals surface area contributed by atoms with E-state index in [2.05, 4.69) is 27.5 Å². The molecule has 4 N–H and O–H groups in total. The number of anilines is 2. The molecule has 0 aliphatic heterocycles. The molecule has 0 saturated heterocycles. The predicted molar refractivity (Wildman–Crippen MR) is 86.5 cm³/mol. The van der Waals surface area contributed by atoms with Crippen LogP contribution in [0.1, 0.15) is 58.3 Å². The maximum Gasteiger partial charge on any atom is 0.242 e. The molecule has 1 rings (SSSR count). The molecule has 0 atom stereocenters. The third kappa shape index (κ3) is 4.31. The van der Waals surface area contributed by atoms with Gasteiger partial charge in [0.1, 0.15) is 23.0 Å². The van der Waals surface area contributed by atoms with Gasteiger partial charge in [-0.25, -0.2) is 9.97 Å². The SMILES string of the molecule is CCCNc1nc(C(C)C)nc(NC(C)(C)C(N)=O)c1C. The van der Waals surface area contributed by atoms with E-state index in [1.165, 1.54) is 0 Å². The number of carbonyl (C=O) groups excluding carboxylic acids is 1. The lowest BCUT2D eigenvalue weighted by molar-refractivity contribution is -0.121. The number of hydrogen-bond donors (Lipinski definition) is 3. The summed E-state index contributed by atoms with van der Waals surface area (Å²) < 4.78 is 0. The zero-order valence-corrected chi connectivity index (χ0v) is 13.9. The van der Waals surface area contributed by atoms with Gasteiger partial charge < -0.3 is 16.4 Å². The molecule has 0 aliphatic rings. The van der Waals surface area contributed by atoms with Crippen LogP contribution >= 0.6 is 0 Å². The number of primary amides is 1. The first-order valence-corrected chi connectivity index (χ1v) is 7.39. The lowest BCUT2D eigenvalue weighted by atomic mass is 10.0. The van der Waals surface area contributed by atoms with Crippen LogP contribution in [0.4, 0.5) is 11.6 Å². The van der Waals surface area contributed by atoms with Crippen LogP contribution in [0, 0.1) is 6.92 Å². The van der Waals surface area contributed by atoms with Gasteiger partial charge in [0.15, 0.2) is 0 Å². The van der Waals surface area contributed by atoms with Gasteiger partial charge >= 0.3 is 0 Å². The Balaban J connectivity index is 3.23. The summed E-state index contributed by atoms with van der Waals surface area (Å²) in [4.78, 5) is 20.6. The first kappa shape index (κ1) is 17.2. The largest absolute Gasteiger partial charge is 0.370 e. The summed E-state index contributed by atoms with van der Waals surface area (Å²) >= 11 is 0. The average molecular weight is 293 g/mol. The molecule has 6 heteroatoms. The highest BCUT2D eigenvalue weighted by Gasteiger charge is 2.26. The summed E-state index contributed by atoms with van der Waals surface area (Å²) in [7, 11) is 0. The van der Waals surface area contributed by atoms with Gasteiger partial charge in [-0.2, -0.15) is 0 Å². The van der Waals surface area contributed by atoms with Gasteiger partial charge in [-0.1, -0.05) is 20.8 Å². The summed E-state index contributed by atoms with van der Waals surface area (Å²) in [5.41, 5.74) is 5.45. The van der Waals surface area contributed by atoms with Crippen LogP contribution in [0.25, 0.3) is 0 Å². The molecule has 6 nitrogen and oxygen atoms in total. The molecule has 21 heavy (non-hydrogen) atoms. The highest BCUT2D eigenvalue weighted by atomic mass is 16.1. The van der Waals surface area contributed by atoms with E-state index < -0.39 is 11.4 Å². The Hall–Kier alpha value is -1.85. The van der Waals surface area contributed by atoms with Gasteiger partial charge in [-0.3, -0.25) is 4.79 Å².